The third kappa shape index (κ3) is 3.96. The Morgan fingerprint density at radius 3 is 2.95 bits per heavy atom. The second-order valence-electron chi connectivity index (χ2n) is 5.64. The quantitative estimate of drug-likeness (QED) is 0.888. The summed E-state index contributed by atoms with van der Waals surface area (Å²) >= 11 is 3.56. The molecule has 1 saturated heterocycles. The number of hydrogen-bond acceptors (Lipinski definition) is 3. The van der Waals surface area contributed by atoms with Gasteiger partial charge in [-0.05, 0) is 31.5 Å². The van der Waals surface area contributed by atoms with Crippen LogP contribution in [0.25, 0.3) is 0 Å². The van der Waals surface area contributed by atoms with Crippen LogP contribution in [0, 0.1) is 0 Å². The zero-order chi connectivity index (χ0) is 14.5. The molecule has 1 aliphatic rings. The predicted octanol–water partition coefficient (Wildman–Crippen LogP) is 3.42. The monoisotopic (exact) mass is 340 g/mol. The molecule has 1 aromatic rings. The average molecular weight is 341 g/mol. The van der Waals surface area contributed by atoms with Crippen LogP contribution in [-0.4, -0.2) is 37.2 Å². The van der Waals surface area contributed by atoms with Crippen LogP contribution in [0.15, 0.2) is 22.7 Å². The topological polar surface area (TPSA) is 24.5 Å². The van der Waals surface area contributed by atoms with Crippen LogP contribution < -0.4 is 10.1 Å². The fourth-order valence-corrected chi connectivity index (χ4v) is 3.34. The Morgan fingerprint density at radius 2 is 2.25 bits per heavy atom. The molecule has 0 spiro atoms. The zero-order valence-corrected chi connectivity index (χ0v) is 14.2. The Morgan fingerprint density at radius 1 is 1.45 bits per heavy atom. The maximum Gasteiger partial charge on any atom is 0.123 e. The van der Waals surface area contributed by atoms with Crippen molar-refractivity contribution >= 4 is 15.9 Å². The summed E-state index contributed by atoms with van der Waals surface area (Å²) in [6.07, 6.45) is 2.48. The first-order valence-corrected chi connectivity index (χ1v) is 8.23. The van der Waals surface area contributed by atoms with E-state index in [9.17, 15) is 0 Å². The average Bonchev–Trinajstić information content (AvgIpc) is 2.42. The van der Waals surface area contributed by atoms with Crippen molar-refractivity contribution in [1.29, 1.82) is 0 Å². The molecular formula is C16H25BrN2O. The van der Waals surface area contributed by atoms with Crippen LogP contribution in [-0.2, 0) is 6.54 Å². The highest BCUT2D eigenvalue weighted by atomic mass is 79.9. The molecule has 0 aromatic heterocycles. The lowest BCUT2D eigenvalue weighted by molar-refractivity contribution is 0.119. The summed E-state index contributed by atoms with van der Waals surface area (Å²) in [5.41, 5.74) is 1.26. The van der Waals surface area contributed by atoms with Crippen molar-refractivity contribution in [1.82, 2.24) is 10.2 Å². The Bertz CT molecular complexity index is 438. The second kappa shape index (κ2) is 7.43. The van der Waals surface area contributed by atoms with Crippen molar-refractivity contribution in [2.24, 2.45) is 0 Å². The van der Waals surface area contributed by atoms with Crippen LogP contribution in [0.5, 0.6) is 5.75 Å². The minimum absolute atomic E-state index is 0.557. The van der Waals surface area contributed by atoms with Gasteiger partial charge in [0.25, 0.3) is 0 Å². The van der Waals surface area contributed by atoms with Gasteiger partial charge in [-0.3, -0.25) is 4.90 Å². The van der Waals surface area contributed by atoms with Crippen molar-refractivity contribution < 1.29 is 4.74 Å². The van der Waals surface area contributed by atoms with Gasteiger partial charge in [-0.1, -0.05) is 29.3 Å². The molecule has 1 fully saturated rings. The number of halogens is 1. The van der Waals surface area contributed by atoms with E-state index >= 15 is 0 Å². The summed E-state index contributed by atoms with van der Waals surface area (Å²) in [4.78, 5) is 2.59. The minimum Gasteiger partial charge on any atom is -0.496 e. The first kappa shape index (κ1) is 15.8. The Labute approximate surface area is 130 Å². The standard InChI is InChI=1S/C16H25BrN2O/c1-4-5-15-9-18-12(2)10-19(15)11-13-8-14(17)6-7-16(13)20-3/h6-8,12,15,18H,4-5,9-11H2,1-3H3. The van der Waals surface area contributed by atoms with Crippen LogP contribution in [0.4, 0.5) is 0 Å². The van der Waals surface area contributed by atoms with Crippen molar-refractivity contribution in [3.8, 4) is 5.75 Å². The van der Waals surface area contributed by atoms with Gasteiger partial charge < -0.3 is 10.1 Å². The lowest BCUT2D eigenvalue weighted by atomic mass is 10.0. The predicted molar refractivity (Wildman–Crippen MR) is 87.3 cm³/mol. The Hall–Kier alpha value is -0.580. The Balaban J connectivity index is 2.14. The van der Waals surface area contributed by atoms with E-state index < -0.39 is 0 Å². The summed E-state index contributed by atoms with van der Waals surface area (Å²) < 4.78 is 6.62. The molecule has 0 saturated carbocycles. The normalized spacial score (nSPS) is 23.8. The van der Waals surface area contributed by atoms with Crippen LogP contribution in [0.2, 0.25) is 0 Å². The highest BCUT2D eigenvalue weighted by molar-refractivity contribution is 9.10. The van der Waals surface area contributed by atoms with E-state index in [1.54, 1.807) is 7.11 Å². The molecule has 1 heterocycles. The molecule has 0 amide bonds. The number of nitrogens with one attached hydrogen (secondary N) is 1. The molecule has 112 valence electrons. The molecule has 2 rings (SSSR count). The fraction of sp³-hybridized carbons (Fsp3) is 0.625. The lowest BCUT2D eigenvalue weighted by Crippen LogP contribution is -2.54. The maximum atomic E-state index is 5.50. The van der Waals surface area contributed by atoms with Crippen LogP contribution in [0.3, 0.4) is 0 Å². The molecule has 2 atom stereocenters. The van der Waals surface area contributed by atoms with Gasteiger partial charge in [-0.2, -0.15) is 0 Å². The number of benzene rings is 1. The van der Waals surface area contributed by atoms with E-state index in [-0.39, 0.29) is 0 Å². The molecule has 1 aromatic carbocycles. The molecule has 20 heavy (non-hydrogen) atoms. The summed E-state index contributed by atoms with van der Waals surface area (Å²) in [5.74, 6) is 0.981. The van der Waals surface area contributed by atoms with E-state index in [4.69, 9.17) is 4.74 Å². The van der Waals surface area contributed by atoms with Gasteiger partial charge in [-0.15, -0.1) is 0 Å². The number of rotatable bonds is 5. The highest BCUT2D eigenvalue weighted by Gasteiger charge is 2.25. The van der Waals surface area contributed by atoms with Gasteiger partial charge in [-0.25, -0.2) is 0 Å². The van der Waals surface area contributed by atoms with E-state index in [0.717, 1.165) is 29.9 Å². The van der Waals surface area contributed by atoms with Gasteiger partial charge in [0.15, 0.2) is 0 Å². The highest BCUT2D eigenvalue weighted by Crippen LogP contribution is 2.26. The summed E-state index contributed by atoms with van der Waals surface area (Å²) in [5, 5.41) is 3.59. The molecule has 1 aliphatic heterocycles. The van der Waals surface area contributed by atoms with Gasteiger partial charge in [0.05, 0.1) is 7.11 Å². The lowest BCUT2D eigenvalue weighted by Gasteiger charge is -2.39. The first-order chi connectivity index (χ1) is 9.63. The molecule has 1 N–H and O–H groups in total. The number of ether oxygens (including phenoxy) is 1. The summed E-state index contributed by atoms with van der Waals surface area (Å²) in [6, 6.07) is 7.43. The smallest absolute Gasteiger partial charge is 0.123 e. The molecule has 0 bridgehead atoms. The minimum atomic E-state index is 0.557. The van der Waals surface area contributed by atoms with Gasteiger partial charge >= 0.3 is 0 Å². The van der Waals surface area contributed by atoms with E-state index in [2.05, 4.69) is 46.1 Å². The van der Waals surface area contributed by atoms with Gasteiger partial charge in [0.1, 0.15) is 5.75 Å². The Kier molecular flexibility index (Phi) is 5.87. The van der Waals surface area contributed by atoms with Gasteiger partial charge in [0, 0.05) is 41.8 Å². The van der Waals surface area contributed by atoms with Crippen LogP contribution in [0.1, 0.15) is 32.3 Å². The maximum absolute atomic E-state index is 5.50. The number of nitrogens with zero attached hydrogens (tertiary/aromatic N) is 1. The third-order valence-corrected chi connectivity index (χ3v) is 4.46. The third-order valence-electron chi connectivity index (χ3n) is 3.96. The van der Waals surface area contributed by atoms with E-state index in [0.29, 0.717) is 12.1 Å². The molecule has 3 nitrogen and oxygen atoms in total. The number of piperazine rings is 1. The van der Waals surface area contributed by atoms with Crippen molar-refractivity contribution in [3.05, 3.63) is 28.2 Å². The van der Waals surface area contributed by atoms with Crippen molar-refractivity contribution in [2.75, 3.05) is 20.2 Å². The molecule has 0 aliphatic carbocycles. The van der Waals surface area contributed by atoms with Crippen molar-refractivity contribution in [3.63, 3.8) is 0 Å². The fourth-order valence-electron chi connectivity index (χ4n) is 2.93. The van der Waals surface area contributed by atoms with E-state index in [1.807, 2.05) is 12.1 Å². The zero-order valence-electron chi connectivity index (χ0n) is 12.7. The van der Waals surface area contributed by atoms with Crippen LogP contribution >= 0.6 is 15.9 Å². The number of hydrogen-bond donors (Lipinski definition) is 1. The van der Waals surface area contributed by atoms with Gasteiger partial charge in [0.2, 0.25) is 0 Å². The SMILES string of the molecule is CCCC1CNC(C)CN1Cc1cc(Br)ccc1OC. The second-order valence-corrected chi connectivity index (χ2v) is 6.55. The first-order valence-electron chi connectivity index (χ1n) is 7.44. The van der Waals surface area contributed by atoms with E-state index in [1.165, 1.54) is 18.4 Å². The number of methoxy groups -OCH3 is 1. The molecular weight excluding hydrogens is 316 g/mol. The summed E-state index contributed by atoms with van der Waals surface area (Å²) in [7, 11) is 1.75. The summed E-state index contributed by atoms with van der Waals surface area (Å²) in [6.45, 7) is 7.66. The van der Waals surface area contributed by atoms with Crippen molar-refractivity contribution in [2.45, 2.75) is 45.3 Å². The largest absolute Gasteiger partial charge is 0.496 e. The molecule has 2 unspecified atom stereocenters. The molecule has 4 heteroatoms. The molecule has 0 radical (unpaired) electrons.